The molecule has 166 valence electrons. The number of amides is 2. The van der Waals surface area contributed by atoms with E-state index in [1.54, 1.807) is 4.90 Å². The molecule has 0 radical (unpaired) electrons. The predicted octanol–water partition coefficient (Wildman–Crippen LogP) is 5.07. The lowest BCUT2D eigenvalue weighted by atomic mass is 10.1. The van der Waals surface area contributed by atoms with Crippen molar-refractivity contribution in [3.63, 3.8) is 0 Å². The molecule has 0 saturated heterocycles. The Hall–Kier alpha value is -2.93. The summed E-state index contributed by atoms with van der Waals surface area (Å²) in [5.74, 6) is 0.530. The number of hydrogen-bond acceptors (Lipinski definition) is 5. The summed E-state index contributed by atoms with van der Waals surface area (Å²) in [4.78, 5) is 37.6. The number of para-hydroxylation sites is 2. The van der Waals surface area contributed by atoms with E-state index >= 15 is 0 Å². The summed E-state index contributed by atoms with van der Waals surface area (Å²) in [7, 11) is 0. The molecule has 6 nitrogen and oxygen atoms in total. The average Bonchev–Trinajstić information content (AvgIpc) is 3.12. The van der Waals surface area contributed by atoms with E-state index in [2.05, 4.69) is 5.32 Å². The number of nitrogens with zero attached hydrogens (tertiary/aromatic N) is 3. The minimum absolute atomic E-state index is 0.0771. The molecule has 2 aromatic rings. The second-order valence-electron chi connectivity index (χ2n) is 8.50. The number of anilines is 1. The van der Waals surface area contributed by atoms with Crippen molar-refractivity contribution in [2.75, 3.05) is 5.32 Å². The molecule has 0 fully saturated rings. The standard InChI is InChI=1S/C25H28N4O2S/c1-6-19(23(30)28-21-15(4)10-9-11-16(21)5)32-25-26-18-13-8-7-12-17(18)22-27-20(14(2)3)24(31)29(22)25/h7-14,19-20H,6H2,1-5H3,(H,28,30). The number of thioether (sulfide) groups is 1. The molecule has 7 heteroatoms. The molecule has 2 amide bonds. The number of rotatable bonds is 5. The number of aliphatic imine (C=N–C) groups is 2. The number of nitrogens with one attached hydrogen (secondary N) is 1. The fourth-order valence-electron chi connectivity index (χ4n) is 3.95. The van der Waals surface area contributed by atoms with Gasteiger partial charge in [-0.2, -0.15) is 0 Å². The Balaban J connectivity index is 1.65. The van der Waals surface area contributed by atoms with Gasteiger partial charge in [0, 0.05) is 11.3 Å². The summed E-state index contributed by atoms with van der Waals surface area (Å²) in [6.07, 6.45) is 0.601. The van der Waals surface area contributed by atoms with Gasteiger partial charge in [-0.05, 0) is 49.4 Å². The van der Waals surface area contributed by atoms with E-state index < -0.39 is 11.3 Å². The second-order valence-corrected chi connectivity index (χ2v) is 9.67. The molecule has 0 aromatic heterocycles. The monoisotopic (exact) mass is 448 g/mol. The van der Waals surface area contributed by atoms with Crippen LogP contribution in [0.1, 0.15) is 43.9 Å². The average molecular weight is 449 g/mol. The molecular weight excluding hydrogens is 420 g/mol. The summed E-state index contributed by atoms with van der Waals surface area (Å²) in [6.45, 7) is 9.92. The highest BCUT2D eigenvalue weighted by molar-refractivity contribution is 8.15. The lowest BCUT2D eigenvalue weighted by Crippen LogP contribution is -2.43. The minimum atomic E-state index is -0.439. The second kappa shape index (κ2) is 8.90. The van der Waals surface area contributed by atoms with E-state index in [1.165, 1.54) is 11.8 Å². The molecule has 2 aliphatic rings. The summed E-state index contributed by atoms with van der Waals surface area (Å²) in [5, 5.41) is 3.20. The van der Waals surface area contributed by atoms with Gasteiger partial charge in [0.1, 0.15) is 11.9 Å². The largest absolute Gasteiger partial charge is 0.325 e. The first-order valence-corrected chi connectivity index (χ1v) is 11.8. The van der Waals surface area contributed by atoms with E-state index in [0.29, 0.717) is 17.4 Å². The quantitative estimate of drug-likeness (QED) is 0.694. The van der Waals surface area contributed by atoms with Crippen molar-refractivity contribution in [1.82, 2.24) is 4.90 Å². The van der Waals surface area contributed by atoms with Gasteiger partial charge in [0.2, 0.25) is 5.91 Å². The molecule has 0 bridgehead atoms. The maximum Gasteiger partial charge on any atom is 0.259 e. The maximum absolute atomic E-state index is 13.2. The smallest absolute Gasteiger partial charge is 0.259 e. The van der Waals surface area contributed by atoms with Crippen molar-refractivity contribution in [2.24, 2.45) is 15.9 Å². The zero-order chi connectivity index (χ0) is 23.0. The van der Waals surface area contributed by atoms with Gasteiger partial charge < -0.3 is 5.32 Å². The Bertz CT molecular complexity index is 1120. The van der Waals surface area contributed by atoms with E-state index in [9.17, 15) is 9.59 Å². The van der Waals surface area contributed by atoms with Crippen LogP contribution in [0.2, 0.25) is 0 Å². The number of carbonyl (C=O) groups excluding carboxylic acids is 2. The van der Waals surface area contributed by atoms with Gasteiger partial charge in [-0.3, -0.25) is 14.6 Å². The number of hydrogen-bond donors (Lipinski definition) is 1. The molecule has 0 saturated carbocycles. The summed E-state index contributed by atoms with van der Waals surface area (Å²) in [6, 6.07) is 13.2. The Morgan fingerprint density at radius 1 is 1.12 bits per heavy atom. The normalized spacial score (nSPS) is 18.1. The third kappa shape index (κ3) is 3.97. The van der Waals surface area contributed by atoms with Gasteiger partial charge in [0.05, 0.1) is 10.9 Å². The lowest BCUT2D eigenvalue weighted by molar-refractivity contribution is -0.125. The number of fused-ring (bicyclic) bond motifs is 3. The summed E-state index contributed by atoms with van der Waals surface area (Å²) < 4.78 is 0. The Morgan fingerprint density at radius 2 is 1.81 bits per heavy atom. The molecule has 32 heavy (non-hydrogen) atoms. The van der Waals surface area contributed by atoms with Gasteiger partial charge in [-0.15, -0.1) is 0 Å². The van der Waals surface area contributed by atoms with Crippen LogP contribution in [0.25, 0.3) is 0 Å². The fraction of sp³-hybridized carbons (Fsp3) is 0.360. The van der Waals surface area contributed by atoms with Crippen LogP contribution in [0.5, 0.6) is 0 Å². The first-order valence-electron chi connectivity index (χ1n) is 11.0. The zero-order valence-corrected chi connectivity index (χ0v) is 19.9. The molecule has 4 rings (SSSR count). The highest BCUT2D eigenvalue weighted by atomic mass is 32.2. The molecule has 1 N–H and O–H groups in total. The molecule has 2 aromatic carbocycles. The highest BCUT2D eigenvalue weighted by Crippen LogP contribution is 2.36. The van der Waals surface area contributed by atoms with Gasteiger partial charge >= 0.3 is 0 Å². The Morgan fingerprint density at radius 3 is 2.47 bits per heavy atom. The zero-order valence-electron chi connectivity index (χ0n) is 19.0. The summed E-state index contributed by atoms with van der Waals surface area (Å²) in [5.41, 5.74) is 4.50. The van der Waals surface area contributed by atoms with Crippen molar-refractivity contribution in [3.8, 4) is 0 Å². The van der Waals surface area contributed by atoms with Crippen LogP contribution in [0.4, 0.5) is 11.4 Å². The van der Waals surface area contributed by atoms with Gasteiger partial charge in [0.25, 0.3) is 5.91 Å². The van der Waals surface area contributed by atoms with E-state index in [0.717, 1.165) is 28.1 Å². The molecule has 0 aliphatic carbocycles. The van der Waals surface area contributed by atoms with Gasteiger partial charge in [-0.25, -0.2) is 9.89 Å². The highest BCUT2D eigenvalue weighted by Gasteiger charge is 2.43. The van der Waals surface area contributed by atoms with Gasteiger partial charge in [-0.1, -0.05) is 62.9 Å². The maximum atomic E-state index is 13.2. The molecule has 2 aliphatic heterocycles. The third-order valence-electron chi connectivity index (χ3n) is 5.77. The van der Waals surface area contributed by atoms with Crippen LogP contribution in [0.3, 0.4) is 0 Å². The van der Waals surface area contributed by atoms with Gasteiger partial charge in [0.15, 0.2) is 5.17 Å². The van der Waals surface area contributed by atoms with Crippen LogP contribution in [0, 0.1) is 19.8 Å². The minimum Gasteiger partial charge on any atom is -0.325 e. The van der Waals surface area contributed by atoms with E-state index in [4.69, 9.17) is 9.98 Å². The fourth-order valence-corrected chi connectivity index (χ4v) is 4.97. The first kappa shape index (κ1) is 22.3. The van der Waals surface area contributed by atoms with Crippen LogP contribution < -0.4 is 5.32 Å². The molecule has 2 atom stereocenters. The van der Waals surface area contributed by atoms with Crippen LogP contribution in [-0.4, -0.2) is 39.0 Å². The van der Waals surface area contributed by atoms with Crippen LogP contribution in [-0.2, 0) is 9.59 Å². The molecule has 2 unspecified atom stereocenters. The van der Waals surface area contributed by atoms with Crippen molar-refractivity contribution in [1.29, 1.82) is 0 Å². The van der Waals surface area contributed by atoms with E-state index in [1.807, 2.05) is 77.1 Å². The van der Waals surface area contributed by atoms with Crippen molar-refractivity contribution in [3.05, 3.63) is 59.2 Å². The van der Waals surface area contributed by atoms with Crippen molar-refractivity contribution in [2.45, 2.75) is 52.3 Å². The SMILES string of the molecule is CCC(SC1=Nc2ccccc2C2=NC(C(C)C)C(=O)N12)C(=O)Nc1c(C)cccc1C. The molecular formula is C25H28N4O2S. The predicted molar refractivity (Wildman–Crippen MR) is 132 cm³/mol. The van der Waals surface area contributed by atoms with Crippen molar-refractivity contribution >= 4 is 46.0 Å². The van der Waals surface area contributed by atoms with Crippen molar-refractivity contribution < 1.29 is 9.59 Å². The molecule has 2 heterocycles. The Labute approximate surface area is 193 Å². The molecule has 0 spiro atoms. The number of amidine groups is 2. The van der Waals surface area contributed by atoms with E-state index in [-0.39, 0.29) is 17.7 Å². The number of benzene rings is 2. The topological polar surface area (TPSA) is 74.1 Å². The van der Waals surface area contributed by atoms with Crippen LogP contribution >= 0.6 is 11.8 Å². The Kier molecular flexibility index (Phi) is 6.20. The first-order chi connectivity index (χ1) is 15.3. The number of carbonyl (C=O) groups is 2. The number of aryl methyl sites for hydroxylation is 2. The lowest BCUT2D eigenvalue weighted by Gasteiger charge is -2.27. The summed E-state index contributed by atoms with van der Waals surface area (Å²) >= 11 is 1.32. The third-order valence-corrected chi connectivity index (χ3v) is 7.09. The van der Waals surface area contributed by atoms with Crippen LogP contribution in [0.15, 0.2) is 52.4 Å².